The minimum atomic E-state index is 0.588. The van der Waals surface area contributed by atoms with Gasteiger partial charge in [0.05, 0.1) is 50.2 Å². The molecule has 0 saturated heterocycles. The maximum atomic E-state index is 5.41. The fraction of sp³-hybridized carbons (Fsp3) is 0.0952. The first kappa shape index (κ1) is 40.6. The van der Waals surface area contributed by atoms with Crippen LogP contribution in [0.25, 0.3) is 117 Å². The molecule has 0 amide bonds. The maximum Gasteiger partial charge on any atom is 0.164 e. The summed E-state index contributed by atoms with van der Waals surface area (Å²) in [6, 6.07) is 66.5. The molecule has 6 heteroatoms. The summed E-state index contributed by atoms with van der Waals surface area (Å²) in [6.45, 7) is 13.1. The van der Waals surface area contributed by atoms with E-state index >= 15 is 0 Å². The van der Waals surface area contributed by atoms with Crippen LogP contribution in [0.4, 0.5) is 0 Å². The van der Waals surface area contributed by atoms with Crippen molar-refractivity contribution in [1.29, 1.82) is 0 Å². The van der Waals surface area contributed by atoms with Gasteiger partial charge in [0.15, 0.2) is 17.5 Å². The van der Waals surface area contributed by atoms with Crippen molar-refractivity contribution in [3.05, 3.63) is 215 Å². The van der Waals surface area contributed by atoms with Crippen LogP contribution in [0.3, 0.4) is 0 Å². The van der Waals surface area contributed by atoms with Gasteiger partial charge in [-0.3, -0.25) is 0 Å². The Kier molecular flexibility index (Phi) is 9.12. The van der Waals surface area contributed by atoms with E-state index < -0.39 is 0 Å². The molecule has 6 nitrogen and oxygen atoms in total. The minimum absolute atomic E-state index is 0.588. The Bertz CT molecular complexity index is 3860. The van der Waals surface area contributed by atoms with E-state index in [1.807, 2.05) is 36.4 Å². The van der Waals surface area contributed by atoms with E-state index in [0.29, 0.717) is 17.5 Å². The SMILES string of the molecule is Cc1ccc2c(c1)c1cc(C)ccc1n2-c1cc(-c2nc(-c3ccccc3)nc(-c3ccccc3)n2)cc(-n2c3ccc(C)cc3c3cc(C)ccc32)c1-n1c2cc(C)ccc2c2ccc(C)cc21. The molecule has 0 N–H and O–H groups in total. The number of benzene rings is 9. The highest BCUT2D eigenvalue weighted by Gasteiger charge is 2.27. The molecule has 4 heterocycles. The molecule has 0 atom stereocenters. The summed E-state index contributed by atoms with van der Waals surface area (Å²) in [7, 11) is 0. The van der Waals surface area contributed by atoms with Gasteiger partial charge in [-0.05, 0) is 125 Å². The standard InChI is InChI=1S/C63H48N6/c1-37-19-25-52-48(29-37)49-30-38(2)20-26-53(49)67(52)58-35-45(63-65-61(43-13-9-7-10-14-43)64-62(66-63)44-15-11-8-12-16-44)36-59(68-54-27-21-39(3)31-50(54)51-32-40(4)22-28-55(51)68)60(58)69-56-33-41(5)17-23-46(56)47-24-18-42(6)34-57(47)69/h7-36H,1-6H3. The first-order chi connectivity index (χ1) is 33.6. The van der Waals surface area contributed by atoms with E-state index in [-0.39, 0.29) is 0 Å². The number of rotatable bonds is 6. The Balaban J connectivity index is 1.28. The molecule has 0 unspecified atom stereocenters. The molecule has 330 valence electrons. The van der Waals surface area contributed by atoms with Crippen LogP contribution in [0.15, 0.2) is 182 Å². The van der Waals surface area contributed by atoms with E-state index in [1.165, 1.54) is 65.7 Å². The zero-order valence-corrected chi connectivity index (χ0v) is 39.5. The molecule has 69 heavy (non-hydrogen) atoms. The van der Waals surface area contributed by atoms with E-state index in [0.717, 1.165) is 66.9 Å². The Labute approximate surface area is 400 Å². The van der Waals surface area contributed by atoms with Crippen molar-refractivity contribution >= 4 is 65.4 Å². The van der Waals surface area contributed by atoms with Crippen molar-refractivity contribution in [2.24, 2.45) is 0 Å². The van der Waals surface area contributed by atoms with Crippen LogP contribution in [-0.4, -0.2) is 28.7 Å². The second-order valence-corrected chi connectivity index (χ2v) is 19.0. The molecule has 9 aromatic carbocycles. The molecule has 4 aromatic heterocycles. The van der Waals surface area contributed by atoms with E-state index in [4.69, 9.17) is 15.0 Å². The van der Waals surface area contributed by atoms with Crippen LogP contribution in [0.5, 0.6) is 0 Å². The molecule has 0 radical (unpaired) electrons. The third-order valence-corrected chi connectivity index (χ3v) is 14.0. The molecule has 0 saturated carbocycles. The first-order valence-corrected chi connectivity index (χ1v) is 23.8. The number of aryl methyl sites for hydroxylation is 6. The van der Waals surface area contributed by atoms with Gasteiger partial charge in [0, 0.05) is 49.0 Å². The second-order valence-electron chi connectivity index (χ2n) is 19.0. The van der Waals surface area contributed by atoms with Gasteiger partial charge in [-0.15, -0.1) is 0 Å². The van der Waals surface area contributed by atoms with Gasteiger partial charge in [-0.2, -0.15) is 0 Å². The molecule has 0 bridgehead atoms. The predicted molar refractivity (Wildman–Crippen MR) is 288 cm³/mol. The summed E-state index contributed by atoms with van der Waals surface area (Å²) >= 11 is 0. The lowest BCUT2D eigenvalue weighted by Gasteiger charge is -2.24. The average Bonchev–Trinajstić information content (AvgIpc) is 3.97. The van der Waals surface area contributed by atoms with Crippen molar-refractivity contribution in [1.82, 2.24) is 28.7 Å². The van der Waals surface area contributed by atoms with E-state index in [9.17, 15) is 0 Å². The number of fused-ring (bicyclic) bond motifs is 9. The molecule has 0 fully saturated rings. The fourth-order valence-electron chi connectivity index (χ4n) is 10.7. The van der Waals surface area contributed by atoms with Crippen LogP contribution in [0.1, 0.15) is 33.4 Å². The van der Waals surface area contributed by atoms with Crippen LogP contribution >= 0.6 is 0 Å². The zero-order chi connectivity index (χ0) is 46.7. The Morgan fingerprint density at radius 3 is 0.942 bits per heavy atom. The lowest BCUT2D eigenvalue weighted by molar-refractivity contribution is 1.04. The van der Waals surface area contributed by atoms with Crippen molar-refractivity contribution in [3.63, 3.8) is 0 Å². The highest BCUT2D eigenvalue weighted by Crippen LogP contribution is 2.45. The zero-order valence-electron chi connectivity index (χ0n) is 39.5. The van der Waals surface area contributed by atoms with E-state index in [2.05, 4.69) is 201 Å². The fourth-order valence-corrected chi connectivity index (χ4v) is 10.7. The van der Waals surface area contributed by atoms with Gasteiger partial charge in [0.25, 0.3) is 0 Å². The van der Waals surface area contributed by atoms with Gasteiger partial charge in [0.2, 0.25) is 0 Å². The number of aromatic nitrogens is 6. The third-order valence-electron chi connectivity index (χ3n) is 14.0. The van der Waals surface area contributed by atoms with Crippen LogP contribution in [-0.2, 0) is 0 Å². The van der Waals surface area contributed by atoms with Gasteiger partial charge >= 0.3 is 0 Å². The van der Waals surface area contributed by atoms with Gasteiger partial charge in [0.1, 0.15) is 0 Å². The lowest BCUT2D eigenvalue weighted by atomic mass is 10.1. The first-order valence-electron chi connectivity index (χ1n) is 23.8. The molecule has 13 aromatic rings. The molecule has 0 aliphatic heterocycles. The van der Waals surface area contributed by atoms with Crippen LogP contribution in [0, 0.1) is 41.5 Å². The normalized spacial score (nSPS) is 11.9. The molecular formula is C63H48N6. The Morgan fingerprint density at radius 1 is 0.261 bits per heavy atom. The van der Waals surface area contributed by atoms with Crippen molar-refractivity contribution in [3.8, 4) is 51.2 Å². The third kappa shape index (κ3) is 6.51. The topological polar surface area (TPSA) is 53.5 Å². The highest BCUT2D eigenvalue weighted by atomic mass is 15.1. The minimum Gasteiger partial charge on any atom is -0.307 e. The number of hydrogen-bond acceptors (Lipinski definition) is 3. The monoisotopic (exact) mass is 888 g/mol. The Hall–Kier alpha value is -8.61. The summed E-state index contributed by atoms with van der Waals surface area (Å²) in [4.78, 5) is 16.0. The number of hydrogen-bond donors (Lipinski definition) is 0. The molecule has 0 aliphatic carbocycles. The lowest BCUT2D eigenvalue weighted by Crippen LogP contribution is -2.11. The summed E-state index contributed by atoms with van der Waals surface area (Å²) in [5.74, 6) is 1.82. The number of nitrogens with zero attached hydrogens (tertiary/aromatic N) is 6. The van der Waals surface area contributed by atoms with Crippen molar-refractivity contribution < 1.29 is 0 Å². The summed E-state index contributed by atoms with van der Waals surface area (Å²) in [5.41, 5.74) is 19.8. The average molecular weight is 889 g/mol. The molecule has 0 aliphatic rings. The quantitative estimate of drug-likeness (QED) is 0.167. The highest BCUT2D eigenvalue weighted by molar-refractivity contribution is 6.14. The van der Waals surface area contributed by atoms with Crippen molar-refractivity contribution in [2.45, 2.75) is 41.5 Å². The maximum absolute atomic E-state index is 5.41. The smallest absolute Gasteiger partial charge is 0.164 e. The van der Waals surface area contributed by atoms with Gasteiger partial charge in [-0.1, -0.05) is 131 Å². The molecular weight excluding hydrogens is 841 g/mol. The molecule has 13 rings (SSSR count). The summed E-state index contributed by atoms with van der Waals surface area (Å²) in [5, 5.41) is 7.25. The van der Waals surface area contributed by atoms with Gasteiger partial charge in [-0.25, -0.2) is 15.0 Å². The molecule has 0 spiro atoms. The van der Waals surface area contributed by atoms with Crippen LogP contribution < -0.4 is 0 Å². The summed E-state index contributed by atoms with van der Waals surface area (Å²) in [6.07, 6.45) is 0. The Morgan fingerprint density at radius 2 is 0.580 bits per heavy atom. The second kappa shape index (κ2) is 15.5. The van der Waals surface area contributed by atoms with Crippen molar-refractivity contribution in [2.75, 3.05) is 0 Å². The van der Waals surface area contributed by atoms with Crippen LogP contribution in [0.2, 0.25) is 0 Å². The van der Waals surface area contributed by atoms with Gasteiger partial charge < -0.3 is 13.7 Å². The predicted octanol–water partition coefficient (Wildman–Crippen LogP) is 16.0. The van der Waals surface area contributed by atoms with E-state index in [1.54, 1.807) is 0 Å². The summed E-state index contributed by atoms with van der Waals surface area (Å²) < 4.78 is 7.53. The largest absolute Gasteiger partial charge is 0.307 e.